The molecule has 1 atom stereocenters. The van der Waals surface area contributed by atoms with Gasteiger partial charge in [0.15, 0.2) is 6.29 Å². The maximum atomic E-state index is 10.6. The van der Waals surface area contributed by atoms with E-state index in [2.05, 4.69) is 4.90 Å². The molecule has 2 rings (SSSR count). The third kappa shape index (κ3) is 2.20. The summed E-state index contributed by atoms with van der Waals surface area (Å²) in [5.74, 6) is 0. The first-order valence-electron chi connectivity index (χ1n) is 5.24. The Bertz CT molecular complexity index is 417. The summed E-state index contributed by atoms with van der Waals surface area (Å²) in [5.41, 5.74) is 0.820. The number of halogens is 1. The van der Waals surface area contributed by atoms with Crippen LogP contribution in [0.4, 0.5) is 5.69 Å². The first-order valence-corrected chi connectivity index (χ1v) is 5.62. The largest absolute Gasteiger partial charge is 0.388 e. The summed E-state index contributed by atoms with van der Waals surface area (Å²) in [7, 11) is 0. The molecule has 0 aliphatic carbocycles. The lowest BCUT2D eigenvalue weighted by atomic mass is 10.1. The standard InChI is InChI=1S/C12H14ClNO2/c1-12(16)4-5-14(8-12)10-3-2-9(7-15)11(13)6-10/h2-3,6-7,16H,4-5,8H2,1H3. The van der Waals surface area contributed by atoms with Gasteiger partial charge in [0.1, 0.15) is 0 Å². The summed E-state index contributed by atoms with van der Waals surface area (Å²) in [6.45, 7) is 3.24. The molecule has 4 heteroatoms. The molecule has 0 bridgehead atoms. The van der Waals surface area contributed by atoms with Crippen molar-refractivity contribution < 1.29 is 9.90 Å². The minimum Gasteiger partial charge on any atom is -0.388 e. The van der Waals surface area contributed by atoms with E-state index in [4.69, 9.17) is 11.6 Å². The number of carbonyl (C=O) groups excluding carboxylic acids is 1. The van der Waals surface area contributed by atoms with E-state index in [1.807, 2.05) is 13.0 Å². The molecule has 86 valence electrons. The van der Waals surface area contributed by atoms with Crippen molar-refractivity contribution in [1.82, 2.24) is 0 Å². The number of hydrogen-bond donors (Lipinski definition) is 1. The molecule has 1 aromatic rings. The van der Waals surface area contributed by atoms with Crippen molar-refractivity contribution in [3.63, 3.8) is 0 Å². The van der Waals surface area contributed by atoms with E-state index in [0.717, 1.165) is 24.9 Å². The quantitative estimate of drug-likeness (QED) is 0.804. The number of benzene rings is 1. The lowest BCUT2D eigenvalue weighted by Crippen LogP contribution is -2.29. The first-order chi connectivity index (χ1) is 7.52. The minimum absolute atomic E-state index is 0.457. The van der Waals surface area contributed by atoms with Gasteiger partial charge in [-0.25, -0.2) is 0 Å². The zero-order valence-corrected chi connectivity index (χ0v) is 9.87. The van der Waals surface area contributed by atoms with Crippen LogP contribution in [-0.2, 0) is 0 Å². The highest BCUT2D eigenvalue weighted by Gasteiger charge is 2.31. The van der Waals surface area contributed by atoms with E-state index < -0.39 is 5.60 Å². The van der Waals surface area contributed by atoms with Gasteiger partial charge in [0, 0.05) is 24.3 Å². The van der Waals surface area contributed by atoms with Gasteiger partial charge < -0.3 is 10.0 Å². The maximum absolute atomic E-state index is 10.6. The molecule has 0 saturated carbocycles. The van der Waals surface area contributed by atoms with Crippen molar-refractivity contribution >= 4 is 23.6 Å². The van der Waals surface area contributed by atoms with E-state index in [9.17, 15) is 9.90 Å². The van der Waals surface area contributed by atoms with Gasteiger partial charge in [-0.05, 0) is 31.5 Å². The van der Waals surface area contributed by atoms with Crippen LogP contribution in [0, 0.1) is 0 Å². The third-order valence-corrected chi connectivity index (χ3v) is 3.26. The molecule has 0 spiro atoms. The Hall–Kier alpha value is -1.06. The van der Waals surface area contributed by atoms with E-state index in [1.54, 1.807) is 12.1 Å². The van der Waals surface area contributed by atoms with E-state index in [1.165, 1.54) is 0 Å². The monoisotopic (exact) mass is 239 g/mol. The Kier molecular flexibility index (Phi) is 2.91. The molecule has 1 fully saturated rings. The van der Waals surface area contributed by atoms with Gasteiger partial charge in [-0.3, -0.25) is 4.79 Å². The second-order valence-corrected chi connectivity index (χ2v) is 4.90. The second kappa shape index (κ2) is 4.07. The highest BCUT2D eigenvalue weighted by atomic mass is 35.5. The number of nitrogens with zero attached hydrogens (tertiary/aromatic N) is 1. The molecule has 16 heavy (non-hydrogen) atoms. The Morgan fingerprint density at radius 3 is 2.81 bits per heavy atom. The van der Waals surface area contributed by atoms with E-state index in [-0.39, 0.29) is 0 Å². The fourth-order valence-electron chi connectivity index (χ4n) is 1.97. The average Bonchev–Trinajstić information content (AvgIpc) is 2.59. The molecule has 1 saturated heterocycles. The van der Waals surface area contributed by atoms with Crippen LogP contribution in [-0.4, -0.2) is 30.1 Å². The summed E-state index contributed by atoms with van der Waals surface area (Å²) < 4.78 is 0. The van der Waals surface area contributed by atoms with Crippen molar-refractivity contribution in [3.8, 4) is 0 Å². The van der Waals surface area contributed by atoms with E-state index >= 15 is 0 Å². The average molecular weight is 240 g/mol. The van der Waals surface area contributed by atoms with Crippen molar-refractivity contribution in [2.24, 2.45) is 0 Å². The predicted molar refractivity (Wildman–Crippen MR) is 64.3 cm³/mol. The first kappa shape index (κ1) is 11.4. The number of aliphatic hydroxyl groups is 1. The SMILES string of the molecule is CC1(O)CCN(c2ccc(C=O)c(Cl)c2)C1. The summed E-state index contributed by atoms with van der Waals surface area (Å²) in [6.07, 6.45) is 1.49. The zero-order chi connectivity index (χ0) is 11.8. The number of hydrogen-bond acceptors (Lipinski definition) is 3. The van der Waals surface area contributed by atoms with Crippen molar-refractivity contribution in [3.05, 3.63) is 28.8 Å². The highest BCUT2D eigenvalue weighted by molar-refractivity contribution is 6.33. The number of anilines is 1. The second-order valence-electron chi connectivity index (χ2n) is 4.49. The number of carbonyl (C=O) groups is 1. The molecule has 0 amide bonds. The smallest absolute Gasteiger partial charge is 0.151 e. The number of β-amino-alcohol motifs (C(OH)–C–C–N with tert-alkyl or cyclic N) is 1. The fraction of sp³-hybridized carbons (Fsp3) is 0.417. The molecule has 1 heterocycles. The van der Waals surface area contributed by atoms with Gasteiger partial charge in [0.05, 0.1) is 10.6 Å². The summed E-state index contributed by atoms with van der Waals surface area (Å²) in [6, 6.07) is 5.33. The van der Waals surface area contributed by atoms with Crippen LogP contribution in [0.1, 0.15) is 23.7 Å². The molecular formula is C12H14ClNO2. The molecule has 1 aliphatic heterocycles. The van der Waals surface area contributed by atoms with Crippen molar-refractivity contribution in [1.29, 1.82) is 0 Å². The van der Waals surface area contributed by atoms with Crippen LogP contribution < -0.4 is 4.90 Å². The van der Waals surface area contributed by atoms with Gasteiger partial charge in [-0.15, -0.1) is 0 Å². The summed E-state index contributed by atoms with van der Waals surface area (Å²) >= 11 is 5.96. The molecule has 1 aliphatic rings. The molecule has 1 unspecified atom stereocenters. The van der Waals surface area contributed by atoms with Crippen LogP contribution in [0.15, 0.2) is 18.2 Å². The van der Waals surface area contributed by atoms with Crippen LogP contribution in [0.5, 0.6) is 0 Å². The van der Waals surface area contributed by atoms with Crippen molar-refractivity contribution in [2.75, 3.05) is 18.0 Å². The fourth-order valence-corrected chi connectivity index (χ4v) is 2.19. The van der Waals surface area contributed by atoms with Crippen LogP contribution >= 0.6 is 11.6 Å². The van der Waals surface area contributed by atoms with Crippen LogP contribution in [0.25, 0.3) is 0 Å². The van der Waals surface area contributed by atoms with Gasteiger partial charge in [-0.2, -0.15) is 0 Å². The van der Waals surface area contributed by atoms with Crippen LogP contribution in [0.3, 0.4) is 0 Å². The topological polar surface area (TPSA) is 40.5 Å². The Morgan fingerprint density at radius 1 is 1.56 bits per heavy atom. The van der Waals surface area contributed by atoms with Crippen LogP contribution in [0.2, 0.25) is 5.02 Å². The third-order valence-electron chi connectivity index (χ3n) is 2.93. The number of rotatable bonds is 2. The maximum Gasteiger partial charge on any atom is 0.151 e. The molecular weight excluding hydrogens is 226 g/mol. The van der Waals surface area contributed by atoms with Gasteiger partial charge in [0.2, 0.25) is 0 Å². The molecule has 1 aromatic carbocycles. The molecule has 0 aromatic heterocycles. The summed E-state index contributed by atoms with van der Waals surface area (Å²) in [5, 5.41) is 10.3. The number of aldehydes is 1. The Balaban J connectivity index is 2.23. The Labute approximate surface area is 99.6 Å². The summed E-state index contributed by atoms with van der Waals surface area (Å²) in [4.78, 5) is 12.7. The Morgan fingerprint density at radius 2 is 2.31 bits per heavy atom. The van der Waals surface area contributed by atoms with E-state index in [0.29, 0.717) is 17.1 Å². The van der Waals surface area contributed by atoms with Gasteiger partial charge in [-0.1, -0.05) is 11.6 Å². The lowest BCUT2D eigenvalue weighted by molar-refractivity contribution is 0.0839. The predicted octanol–water partition coefficient (Wildman–Crippen LogP) is 2.11. The lowest BCUT2D eigenvalue weighted by Gasteiger charge is -2.21. The van der Waals surface area contributed by atoms with Gasteiger partial charge >= 0.3 is 0 Å². The highest BCUT2D eigenvalue weighted by Crippen LogP contribution is 2.29. The van der Waals surface area contributed by atoms with Gasteiger partial charge in [0.25, 0.3) is 0 Å². The molecule has 0 radical (unpaired) electrons. The van der Waals surface area contributed by atoms with Crippen molar-refractivity contribution in [2.45, 2.75) is 18.9 Å². The minimum atomic E-state index is -0.629. The molecule has 1 N–H and O–H groups in total. The zero-order valence-electron chi connectivity index (χ0n) is 9.11. The normalized spacial score (nSPS) is 24.8. The molecule has 3 nitrogen and oxygen atoms in total.